The molecule has 0 aliphatic carbocycles. The number of thioether (sulfide) groups is 1. The molecule has 6 nitrogen and oxygen atoms in total. The van der Waals surface area contributed by atoms with E-state index >= 15 is 0 Å². The van der Waals surface area contributed by atoms with E-state index in [9.17, 15) is 10.1 Å². The number of nitrogens with zero attached hydrogens (tertiary/aromatic N) is 4. The highest BCUT2D eigenvalue weighted by molar-refractivity contribution is 8.00. The summed E-state index contributed by atoms with van der Waals surface area (Å²) in [5.74, 6) is 0.527. The number of nitriles is 1. The number of nitrogens with one attached hydrogen (secondary N) is 1. The van der Waals surface area contributed by atoms with Gasteiger partial charge in [-0.25, -0.2) is 9.97 Å². The molecule has 32 heavy (non-hydrogen) atoms. The number of anilines is 1. The Kier molecular flexibility index (Phi) is 6.24. The average Bonchev–Trinajstić information content (AvgIpc) is 3.02. The zero-order valence-electron chi connectivity index (χ0n) is 18.2. The van der Waals surface area contributed by atoms with E-state index in [4.69, 9.17) is 0 Å². The maximum Gasteiger partial charge on any atom is 0.235 e. The van der Waals surface area contributed by atoms with Crippen LogP contribution in [0.3, 0.4) is 0 Å². The standard InChI is InChI=1S/C25H23N5OS/c1-16-18(3)30(14-19-9-5-4-6-10-19)24(20(16)13-26)29-23(31)15-32-25-17(2)27-21-11-7-8-12-22(21)28-25/h4-12H,14-15H2,1-3H3,(H,29,31). The highest BCUT2D eigenvalue weighted by atomic mass is 32.2. The number of benzene rings is 2. The molecule has 2 heterocycles. The monoisotopic (exact) mass is 441 g/mol. The second-order valence-corrected chi connectivity index (χ2v) is 8.52. The summed E-state index contributed by atoms with van der Waals surface area (Å²) in [6, 6.07) is 19.9. The van der Waals surface area contributed by atoms with Crippen LogP contribution in [0, 0.1) is 32.1 Å². The van der Waals surface area contributed by atoms with E-state index in [0.717, 1.165) is 38.6 Å². The Labute approximate surface area is 191 Å². The molecule has 1 amide bonds. The van der Waals surface area contributed by atoms with Crippen molar-refractivity contribution in [2.24, 2.45) is 0 Å². The van der Waals surface area contributed by atoms with Gasteiger partial charge in [0.2, 0.25) is 5.91 Å². The fourth-order valence-electron chi connectivity index (χ4n) is 3.60. The van der Waals surface area contributed by atoms with Gasteiger partial charge >= 0.3 is 0 Å². The van der Waals surface area contributed by atoms with E-state index in [-0.39, 0.29) is 11.7 Å². The first-order valence-electron chi connectivity index (χ1n) is 10.3. The van der Waals surface area contributed by atoms with Crippen LogP contribution in [-0.2, 0) is 11.3 Å². The third kappa shape index (κ3) is 4.36. The molecule has 1 N–H and O–H groups in total. The number of aryl methyl sites for hydroxylation is 1. The van der Waals surface area contributed by atoms with Gasteiger partial charge in [0.05, 0.1) is 28.0 Å². The number of hydrogen-bond acceptors (Lipinski definition) is 5. The molecular weight excluding hydrogens is 418 g/mol. The largest absolute Gasteiger partial charge is 0.326 e. The molecule has 0 bridgehead atoms. The van der Waals surface area contributed by atoms with Gasteiger partial charge in [0, 0.05) is 12.2 Å². The van der Waals surface area contributed by atoms with Gasteiger partial charge < -0.3 is 9.88 Å². The predicted octanol–water partition coefficient (Wildman–Crippen LogP) is 5.01. The van der Waals surface area contributed by atoms with E-state index in [0.29, 0.717) is 17.9 Å². The van der Waals surface area contributed by atoms with Gasteiger partial charge in [0.25, 0.3) is 0 Å². The first kappa shape index (κ1) is 21.6. The summed E-state index contributed by atoms with van der Waals surface area (Å²) in [6.07, 6.45) is 0. The molecule has 4 aromatic rings. The minimum Gasteiger partial charge on any atom is -0.326 e. The Morgan fingerprint density at radius 1 is 1.03 bits per heavy atom. The van der Waals surface area contributed by atoms with Gasteiger partial charge in [0.1, 0.15) is 16.9 Å². The Morgan fingerprint density at radius 2 is 1.69 bits per heavy atom. The van der Waals surface area contributed by atoms with Crippen molar-refractivity contribution in [1.82, 2.24) is 14.5 Å². The summed E-state index contributed by atoms with van der Waals surface area (Å²) in [5.41, 5.74) is 5.86. The molecular formula is C25H23N5OS. The van der Waals surface area contributed by atoms with Crippen molar-refractivity contribution in [3.05, 3.63) is 82.7 Å². The Bertz CT molecular complexity index is 1340. The predicted molar refractivity (Wildman–Crippen MR) is 128 cm³/mol. The molecule has 0 spiro atoms. The molecule has 0 fully saturated rings. The molecule has 0 atom stereocenters. The lowest BCUT2D eigenvalue weighted by Gasteiger charge is -2.13. The molecule has 0 saturated heterocycles. The van der Waals surface area contributed by atoms with Gasteiger partial charge in [0.15, 0.2) is 0 Å². The fraction of sp³-hybridized carbons (Fsp3) is 0.200. The minimum atomic E-state index is -0.187. The van der Waals surface area contributed by atoms with Crippen LogP contribution in [0.4, 0.5) is 5.82 Å². The van der Waals surface area contributed by atoms with Crippen molar-refractivity contribution >= 4 is 34.5 Å². The molecule has 0 unspecified atom stereocenters. The molecule has 0 saturated carbocycles. The molecule has 2 aromatic carbocycles. The van der Waals surface area contributed by atoms with Crippen LogP contribution in [-0.4, -0.2) is 26.2 Å². The van der Waals surface area contributed by atoms with E-state index in [1.165, 1.54) is 11.8 Å². The lowest BCUT2D eigenvalue weighted by molar-refractivity contribution is -0.113. The molecule has 160 valence electrons. The minimum absolute atomic E-state index is 0.174. The number of amides is 1. The van der Waals surface area contributed by atoms with Crippen LogP contribution in [0.2, 0.25) is 0 Å². The number of para-hydroxylation sites is 2. The van der Waals surface area contributed by atoms with Gasteiger partial charge in [-0.1, -0.05) is 54.2 Å². The van der Waals surface area contributed by atoms with Crippen LogP contribution < -0.4 is 5.32 Å². The highest BCUT2D eigenvalue weighted by Crippen LogP contribution is 2.28. The van der Waals surface area contributed by atoms with Gasteiger partial charge in [-0.3, -0.25) is 4.79 Å². The molecule has 0 aliphatic rings. The van der Waals surface area contributed by atoms with Gasteiger partial charge in [-0.15, -0.1) is 0 Å². The van der Waals surface area contributed by atoms with E-state index in [1.807, 2.05) is 79.9 Å². The smallest absolute Gasteiger partial charge is 0.235 e. The average molecular weight is 442 g/mol. The van der Waals surface area contributed by atoms with E-state index in [2.05, 4.69) is 21.4 Å². The Hall–Kier alpha value is -3.63. The van der Waals surface area contributed by atoms with Gasteiger partial charge in [-0.05, 0) is 44.0 Å². The summed E-state index contributed by atoms with van der Waals surface area (Å²) in [5, 5.41) is 13.4. The maximum atomic E-state index is 12.9. The van der Waals surface area contributed by atoms with Crippen molar-refractivity contribution in [2.75, 3.05) is 11.1 Å². The number of aromatic nitrogens is 3. The second kappa shape index (κ2) is 9.25. The second-order valence-electron chi connectivity index (χ2n) is 7.56. The highest BCUT2D eigenvalue weighted by Gasteiger charge is 2.20. The van der Waals surface area contributed by atoms with Crippen molar-refractivity contribution < 1.29 is 4.79 Å². The quantitative estimate of drug-likeness (QED) is 0.425. The SMILES string of the molecule is Cc1nc2ccccc2nc1SCC(=O)Nc1c(C#N)c(C)c(C)n1Cc1ccccc1. The van der Waals surface area contributed by atoms with Crippen LogP contribution in [0.25, 0.3) is 11.0 Å². The number of carbonyl (C=O) groups is 1. The topological polar surface area (TPSA) is 83.6 Å². The third-order valence-corrected chi connectivity index (χ3v) is 6.49. The van der Waals surface area contributed by atoms with Crippen LogP contribution in [0.1, 0.15) is 28.1 Å². The van der Waals surface area contributed by atoms with Crippen molar-refractivity contribution in [3.8, 4) is 6.07 Å². The summed E-state index contributed by atoms with van der Waals surface area (Å²) >= 11 is 1.35. The third-order valence-electron chi connectivity index (χ3n) is 5.42. The number of fused-ring (bicyclic) bond motifs is 1. The first-order valence-corrected chi connectivity index (χ1v) is 11.3. The van der Waals surface area contributed by atoms with Crippen molar-refractivity contribution in [2.45, 2.75) is 32.3 Å². The van der Waals surface area contributed by atoms with Crippen molar-refractivity contribution in [1.29, 1.82) is 5.26 Å². The Balaban J connectivity index is 1.55. The van der Waals surface area contributed by atoms with Gasteiger partial charge in [-0.2, -0.15) is 5.26 Å². The number of carbonyl (C=O) groups excluding carboxylic acids is 1. The number of hydrogen-bond donors (Lipinski definition) is 1. The summed E-state index contributed by atoms with van der Waals surface area (Å²) in [4.78, 5) is 22.1. The zero-order chi connectivity index (χ0) is 22.7. The van der Waals surface area contributed by atoms with E-state index in [1.54, 1.807) is 0 Å². The van der Waals surface area contributed by atoms with Crippen LogP contribution >= 0.6 is 11.8 Å². The zero-order valence-corrected chi connectivity index (χ0v) is 19.0. The number of rotatable bonds is 6. The summed E-state index contributed by atoms with van der Waals surface area (Å²) < 4.78 is 1.99. The molecule has 4 rings (SSSR count). The molecule has 2 aromatic heterocycles. The van der Waals surface area contributed by atoms with Crippen molar-refractivity contribution in [3.63, 3.8) is 0 Å². The Morgan fingerprint density at radius 3 is 2.38 bits per heavy atom. The lowest BCUT2D eigenvalue weighted by Crippen LogP contribution is -2.18. The summed E-state index contributed by atoms with van der Waals surface area (Å²) in [7, 11) is 0. The maximum absolute atomic E-state index is 12.9. The fourth-order valence-corrected chi connectivity index (χ4v) is 4.36. The normalized spacial score (nSPS) is 10.8. The summed E-state index contributed by atoms with van der Waals surface area (Å²) in [6.45, 7) is 6.35. The molecule has 0 radical (unpaired) electrons. The van der Waals surface area contributed by atoms with E-state index < -0.39 is 0 Å². The van der Waals surface area contributed by atoms with Crippen LogP contribution in [0.5, 0.6) is 0 Å². The van der Waals surface area contributed by atoms with Crippen LogP contribution in [0.15, 0.2) is 59.6 Å². The first-order chi connectivity index (χ1) is 15.5. The molecule has 0 aliphatic heterocycles. The lowest BCUT2D eigenvalue weighted by atomic mass is 10.2. The molecule has 7 heteroatoms.